The monoisotopic (exact) mass is 392 g/mol. The minimum Gasteiger partial charge on any atom is -0.314 e. The summed E-state index contributed by atoms with van der Waals surface area (Å²) in [5, 5.41) is 4.57. The molecule has 0 aromatic carbocycles. The molecule has 4 nitrogen and oxygen atoms in total. The molecule has 0 atom stereocenters. The van der Waals surface area contributed by atoms with E-state index in [9.17, 15) is 0 Å². The molecule has 0 aliphatic carbocycles. The van der Waals surface area contributed by atoms with E-state index in [1.807, 2.05) is 16.8 Å². The first-order valence-corrected chi connectivity index (χ1v) is 6.74. The summed E-state index contributed by atoms with van der Waals surface area (Å²) in [4.78, 5) is 6.75. The minimum atomic E-state index is 0. The number of hydrogen-bond acceptors (Lipinski definition) is 3. The predicted molar refractivity (Wildman–Crippen MR) is 95.1 cm³/mol. The standard InChI is InChI=1S/C12H14Cl2N4.3ClH/c13-9-5-11(14)12-16-6-10(18(12)7-9)8-17-3-1-15-2-4-17;;;/h5-7,15H,1-4,8H2;3*1H. The maximum Gasteiger partial charge on any atom is 0.155 e. The Bertz CT molecular complexity index is 568. The summed E-state index contributed by atoms with van der Waals surface area (Å²) >= 11 is 12.2. The van der Waals surface area contributed by atoms with Crippen LogP contribution in [0.2, 0.25) is 10.0 Å². The molecule has 9 heteroatoms. The zero-order valence-electron chi connectivity index (χ0n) is 11.1. The number of rotatable bonds is 2. The molecule has 0 amide bonds. The molecular weight excluding hydrogens is 377 g/mol. The Morgan fingerprint density at radius 3 is 2.48 bits per heavy atom. The molecule has 0 unspecified atom stereocenters. The van der Waals surface area contributed by atoms with Gasteiger partial charge in [-0.2, -0.15) is 0 Å². The zero-order chi connectivity index (χ0) is 12.5. The predicted octanol–water partition coefficient (Wildman–Crippen LogP) is 3.31. The molecule has 21 heavy (non-hydrogen) atoms. The van der Waals surface area contributed by atoms with Crippen LogP contribution >= 0.6 is 60.4 Å². The third-order valence-electron chi connectivity index (χ3n) is 3.20. The Morgan fingerprint density at radius 2 is 1.81 bits per heavy atom. The summed E-state index contributed by atoms with van der Waals surface area (Å²) < 4.78 is 1.98. The molecule has 1 saturated heterocycles. The third-order valence-corrected chi connectivity index (χ3v) is 3.68. The molecule has 1 fully saturated rings. The fourth-order valence-corrected chi connectivity index (χ4v) is 2.80. The maximum absolute atomic E-state index is 6.13. The van der Waals surface area contributed by atoms with Gasteiger partial charge in [0, 0.05) is 38.9 Å². The van der Waals surface area contributed by atoms with Crippen molar-refractivity contribution in [3.63, 3.8) is 0 Å². The van der Waals surface area contributed by atoms with Crippen molar-refractivity contribution in [1.29, 1.82) is 0 Å². The average molecular weight is 395 g/mol. The largest absolute Gasteiger partial charge is 0.314 e. The zero-order valence-corrected chi connectivity index (χ0v) is 15.1. The van der Waals surface area contributed by atoms with E-state index in [-0.39, 0.29) is 37.2 Å². The first-order chi connectivity index (χ1) is 8.74. The van der Waals surface area contributed by atoms with E-state index in [2.05, 4.69) is 15.2 Å². The molecule has 1 aliphatic heterocycles. The fourth-order valence-electron chi connectivity index (χ4n) is 2.28. The number of imidazole rings is 1. The maximum atomic E-state index is 6.13. The molecule has 0 spiro atoms. The molecule has 120 valence electrons. The normalized spacial score (nSPS) is 15.0. The summed E-state index contributed by atoms with van der Waals surface area (Å²) in [5.74, 6) is 0. The summed E-state index contributed by atoms with van der Waals surface area (Å²) in [6.45, 7) is 5.07. The molecule has 2 aromatic rings. The van der Waals surface area contributed by atoms with Gasteiger partial charge >= 0.3 is 0 Å². The van der Waals surface area contributed by atoms with Gasteiger partial charge in [-0.15, -0.1) is 37.2 Å². The minimum absolute atomic E-state index is 0. The van der Waals surface area contributed by atoms with E-state index in [4.69, 9.17) is 23.2 Å². The van der Waals surface area contributed by atoms with E-state index in [1.165, 1.54) is 0 Å². The Morgan fingerprint density at radius 1 is 1.14 bits per heavy atom. The van der Waals surface area contributed by atoms with Gasteiger partial charge in [0.05, 0.1) is 21.9 Å². The Labute approximate surface area is 152 Å². The van der Waals surface area contributed by atoms with Crippen molar-refractivity contribution in [2.45, 2.75) is 6.54 Å². The molecule has 0 saturated carbocycles. The summed E-state index contributed by atoms with van der Waals surface area (Å²) in [6.07, 6.45) is 3.74. The number of piperazine rings is 1. The number of nitrogens with one attached hydrogen (secondary N) is 1. The third kappa shape index (κ3) is 4.76. The Kier molecular flexibility index (Phi) is 9.28. The van der Waals surface area contributed by atoms with Crippen LogP contribution in [0.15, 0.2) is 18.5 Å². The van der Waals surface area contributed by atoms with Gasteiger partial charge in [0.2, 0.25) is 0 Å². The van der Waals surface area contributed by atoms with Crippen molar-refractivity contribution in [1.82, 2.24) is 19.6 Å². The van der Waals surface area contributed by atoms with Crippen LogP contribution in [0.4, 0.5) is 0 Å². The van der Waals surface area contributed by atoms with Crippen molar-refractivity contribution in [2.24, 2.45) is 0 Å². The van der Waals surface area contributed by atoms with Gasteiger partial charge in [-0.05, 0) is 6.07 Å². The SMILES string of the molecule is Cl.Cl.Cl.Clc1cc(Cl)c2ncc(CN3CCNCC3)n2c1. The molecule has 0 bridgehead atoms. The Balaban J connectivity index is 0.00000133. The summed E-state index contributed by atoms with van der Waals surface area (Å²) in [7, 11) is 0. The highest BCUT2D eigenvalue weighted by atomic mass is 35.5. The number of halogens is 5. The van der Waals surface area contributed by atoms with Gasteiger partial charge in [0.15, 0.2) is 5.65 Å². The van der Waals surface area contributed by atoms with E-state index in [0.29, 0.717) is 10.0 Å². The van der Waals surface area contributed by atoms with Crippen LogP contribution in [-0.4, -0.2) is 40.5 Å². The van der Waals surface area contributed by atoms with Crippen molar-refractivity contribution in [2.75, 3.05) is 26.2 Å². The van der Waals surface area contributed by atoms with Crippen LogP contribution in [0.25, 0.3) is 5.65 Å². The second-order valence-electron chi connectivity index (χ2n) is 4.48. The number of nitrogens with zero attached hydrogens (tertiary/aromatic N) is 3. The molecule has 3 heterocycles. The molecular formula is C12H17Cl5N4. The highest BCUT2D eigenvalue weighted by Gasteiger charge is 2.14. The van der Waals surface area contributed by atoms with Gasteiger partial charge in [-0.25, -0.2) is 4.98 Å². The van der Waals surface area contributed by atoms with Crippen molar-refractivity contribution in [3.8, 4) is 0 Å². The van der Waals surface area contributed by atoms with E-state index in [0.717, 1.165) is 44.1 Å². The topological polar surface area (TPSA) is 32.6 Å². The highest BCUT2D eigenvalue weighted by Crippen LogP contribution is 2.22. The molecule has 1 aliphatic rings. The molecule has 0 radical (unpaired) electrons. The quantitative estimate of drug-likeness (QED) is 0.848. The second-order valence-corrected chi connectivity index (χ2v) is 5.32. The molecule has 3 rings (SSSR count). The van der Waals surface area contributed by atoms with Gasteiger partial charge < -0.3 is 9.72 Å². The summed E-state index contributed by atoms with van der Waals surface area (Å²) in [6, 6.07) is 1.72. The molecule has 2 aromatic heterocycles. The number of fused-ring (bicyclic) bond motifs is 1. The highest BCUT2D eigenvalue weighted by molar-refractivity contribution is 6.36. The van der Waals surface area contributed by atoms with Crippen LogP contribution in [0, 0.1) is 0 Å². The summed E-state index contributed by atoms with van der Waals surface area (Å²) in [5.41, 5.74) is 1.89. The van der Waals surface area contributed by atoms with Crippen LogP contribution in [0.3, 0.4) is 0 Å². The van der Waals surface area contributed by atoms with Gasteiger partial charge in [0.25, 0.3) is 0 Å². The number of hydrogen-bond donors (Lipinski definition) is 1. The van der Waals surface area contributed by atoms with E-state index in [1.54, 1.807) is 6.07 Å². The van der Waals surface area contributed by atoms with Gasteiger partial charge in [-0.1, -0.05) is 23.2 Å². The number of pyridine rings is 1. The molecule has 1 N–H and O–H groups in total. The fraction of sp³-hybridized carbons (Fsp3) is 0.417. The van der Waals surface area contributed by atoms with Crippen LogP contribution in [0.1, 0.15) is 5.69 Å². The van der Waals surface area contributed by atoms with Crippen molar-refractivity contribution < 1.29 is 0 Å². The lowest BCUT2D eigenvalue weighted by Crippen LogP contribution is -2.43. The lowest BCUT2D eigenvalue weighted by atomic mass is 10.3. The van der Waals surface area contributed by atoms with Gasteiger partial charge in [0.1, 0.15) is 0 Å². The van der Waals surface area contributed by atoms with E-state index < -0.39 is 0 Å². The van der Waals surface area contributed by atoms with Crippen LogP contribution in [-0.2, 0) is 6.54 Å². The lowest BCUT2D eigenvalue weighted by molar-refractivity contribution is 0.230. The first kappa shape index (κ1) is 21.1. The van der Waals surface area contributed by atoms with Crippen LogP contribution < -0.4 is 5.32 Å². The Hall–Kier alpha value is 0.0600. The first-order valence-electron chi connectivity index (χ1n) is 5.98. The van der Waals surface area contributed by atoms with Gasteiger partial charge in [-0.3, -0.25) is 4.90 Å². The average Bonchev–Trinajstić information content (AvgIpc) is 2.74. The van der Waals surface area contributed by atoms with Crippen molar-refractivity contribution in [3.05, 3.63) is 34.2 Å². The smallest absolute Gasteiger partial charge is 0.155 e. The number of aromatic nitrogens is 2. The lowest BCUT2D eigenvalue weighted by Gasteiger charge is -2.26. The van der Waals surface area contributed by atoms with Crippen molar-refractivity contribution >= 4 is 66.1 Å². The second kappa shape index (κ2) is 9.26. The van der Waals surface area contributed by atoms with E-state index >= 15 is 0 Å². The van der Waals surface area contributed by atoms with Crippen LogP contribution in [0.5, 0.6) is 0 Å².